The first-order valence-electron chi connectivity index (χ1n) is 7.42. The molecule has 118 valence electrons. The summed E-state index contributed by atoms with van der Waals surface area (Å²) in [5.74, 6) is 1.40. The van der Waals surface area contributed by atoms with Gasteiger partial charge in [0.25, 0.3) is 0 Å². The van der Waals surface area contributed by atoms with Crippen molar-refractivity contribution in [2.24, 2.45) is 0 Å². The first-order valence-corrected chi connectivity index (χ1v) is 7.42. The lowest BCUT2D eigenvalue weighted by molar-refractivity contribution is 0.202. The number of pyridine rings is 1. The van der Waals surface area contributed by atoms with E-state index in [2.05, 4.69) is 21.9 Å². The van der Waals surface area contributed by atoms with E-state index in [0.717, 1.165) is 23.6 Å². The fraction of sp³-hybridized carbons (Fsp3) is 0.438. The summed E-state index contributed by atoms with van der Waals surface area (Å²) in [6.07, 6.45) is 2.54. The van der Waals surface area contributed by atoms with Crippen LogP contribution in [-0.2, 0) is 11.2 Å². The standard InChI is InChI=1S/C16H22N4O2/c1-3-13-12-15(20(8-10-21)9-11-22-2)19-16(18-13)14-6-4-5-7-17-14/h4-7,12,21H,3,8-11H2,1-2H3. The summed E-state index contributed by atoms with van der Waals surface area (Å²) in [7, 11) is 1.66. The van der Waals surface area contributed by atoms with Crippen molar-refractivity contribution in [2.45, 2.75) is 13.3 Å². The SMILES string of the molecule is CCc1cc(N(CCO)CCOC)nc(-c2ccccn2)n1. The smallest absolute Gasteiger partial charge is 0.180 e. The Kier molecular flexibility index (Phi) is 6.24. The van der Waals surface area contributed by atoms with Gasteiger partial charge in [-0.25, -0.2) is 9.97 Å². The quantitative estimate of drug-likeness (QED) is 0.797. The molecule has 0 saturated heterocycles. The molecule has 22 heavy (non-hydrogen) atoms. The Hall–Kier alpha value is -2.05. The molecule has 0 unspecified atom stereocenters. The van der Waals surface area contributed by atoms with E-state index in [0.29, 0.717) is 25.5 Å². The van der Waals surface area contributed by atoms with Gasteiger partial charge >= 0.3 is 0 Å². The van der Waals surface area contributed by atoms with E-state index in [1.807, 2.05) is 29.2 Å². The summed E-state index contributed by atoms with van der Waals surface area (Å²) < 4.78 is 5.13. The number of rotatable bonds is 8. The van der Waals surface area contributed by atoms with Crippen LogP contribution in [0.3, 0.4) is 0 Å². The van der Waals surface area contributed by atoms with E-state index in [-0.39, 0.29) is 6.61 Å². The second kappa shape index (κ2) is 8.41. The number of aromatic nitrogens is 3. The number of hydrogen-bond acceptors (Lipinski definition) is 6. The molecule has 6 nitrogen and oxygen atoms in total. The first kappa shape index (κ1) is 16.3. The summed E-state index contributed by atoms with van der Waals surface area (Å²) in [4.78, 5) is 15.5. The molecule has 0 amide bonds. The average molecular weight is 302 g/mol. The number of hydrogen-bond donors (Lipinski definition) is 1. The molecule has 0 bridgehead atoms. The summed E-state index contributed by atoms with van der Waals surface area (Å²) in [5.41, 5.74) is 1.70. The summed E-state index contributed by atoms with van der Waals surface area (Å²) in [6, 6.07) is 7.63. The van der Waals surface area contributed by atoms with Gasteiger partial charge in [0.05, 0.1) is 13.2 Å². The van der Waals surface area contributed by atoms with Crippen molar-refractivity contribution < 1.29 is 9.84 Å². The number of anilines is 1. The van der Waals surface area contributed by atoms with Crippen molar-refractivity contribution in [3.8, 4) is 11.5 Å². The molecule has 0 aliphatic carbocycles. The molecule has 6 heteroatoms. The topological polar surface area (TPSA) is 71.4 Å². The first-order chi connectivity index (χ1) is 10.8. The third-order valence-electron chi connectivity index (χ3n) is 3.28. The van der Waals surface area contributed by atoms with Crippen LogP contribution in [0.15, 0.2) is 30.5 Å². The Labute approximate surface area is 130 Å². The van der Waals surface area contributed by atoms with Gasteiger partial charge in [-0.2, -0.15) is 0 Å². The normalized spacial score (nSPS) is 10.7. The zero-order valence-corrected chi connectivity index (χ0v) is 13.1. The summed E-state index contributed by atoms with van der Waals surface area (Å²) in [6.45, 7) is 3.86. The lowest BCUT2D eigenvalue weighted by Crippen LogP contribution is -2.31. The molecule has 2 aromatic heterocycles. The minimum absolute atomic E-state index is 0.0636. The van der Waals surface area contributed by atoms with Crippen molar-refractivity contribution >= 4 is 5.82 Å². The van der Waals surface area contributed by atoms with E-state index in [1.165, 1.54) is 0 Å². The maximum absolute atomic E-state index is 9.27. The van der Waals surface area contributed by atoms with Crippen LogP contribution < -0.4 is 4.90 Å². The Balaban J connectivity index is 2.37. The minimum atomic E-state index is 0.0636. The third-order valence-corrected chi connectivity index (χ3v) is 3.28. The predicted octanol–water partition coefficient (Wildman–Crippen LogP) is 1.55. The minimum Gasteiger partial charge on any atom is -0.395 e. The van der Waals surface area contributed by atoms with E-state index >= 15 is 0 Å². The number of aryl methyl sites for hydroxylation is 1. The van der Waals surface area contributed by atoms with E-state index in [4.69, 9.17) is 4.74 Å². The molecule has 0 atom stereocenters. The Morgan fingerprint density at radius 3 is 2.73 bits per heavy atom. The van der Waals surface area contributed by atoms with Gasteiger partial charge in [0.15, 0.2) is 5.82 Å². The van der Waals surface area contributed by atoms with Gasteiger partial charge in [0.2, 0.25) is 0 Å². The molecule has 0 aliphatic rings. The molecule has 2 heterocycles. The van der Waals surface area contributed by atoms with Crippen molar-refractivity contribution in [2.75, 3.05) is 38.3 Å². The molecular formula is C16H22N4O2. The van der Waals surface area contributed by atoms with Gasteiger partial charge in [0, 0.05) is 38.2 Å². The van der Waals surface area contributed by atoms with Gasteiger partial charge in [-0.05, 0) is 18.6 Å². The van der Waals surface area contributed by atoms with Gasteiger partial charge in [-0.15, -0.1) is 0 Å². The Morgan fingerprint density at radius 1 is 1.23 bits per heavy atom. The van der Waals surface area contributed by atoms with E-state index in [1.54, 1.807) is 13.3 Å². The second-order valence-corrected chi connectivity index (χ2v) is 4.81. The number of ether oxygens (including phenoxy) is 1. The molecular weight excluding hydrogens is 280 g/mol. The van der Waals surface area contributed by atoms with Crippen LogP contribution in [0.2, 0.25) is 0 Å². The molecule has 0 aromatic carbocycles. The zero-order chi connectivity index (χ0) is 15.8. The molecule has 2 aromatic rings. The van der Waals surface area contributed by atoms with Gasteiger partial charge in [0.1, 0.15) is 11.5 Å². The highest BCUT2D eigenvalue weighted by Crippen LogP contribution is 2.19. The largest absolute Gasteiger partial charge is 0.395 e. The molecule has 1 N–H and O–H groups in total. The van der Waals surface area contributed by atoms with Gasteiger partial charge in [-0.1, -0.05) is 13.0 Å². The van der Waals surface area contributed by atoms with Crippen molar-refractivity contribution in [1.82, 2.24) is 15.0 Å². The number of nitrogens with zero attached hydrogens (tertiary/aromatic N) is 4. The summed E-state index contributed by atoms with van der Waals surface area (Å²) in [5, 5.41) is 9.27. The highest BCUT2D eigenvalue weighted by Gasteiger charge is 2.12. The van der Waals surface area contributed by atoms with Crippen molar-refractivity contribution in [1.29, 1.82) is 0 Å². The molecule has 2 rings (SSSR count). The van der Waals surface area contributed by atoms with Crippen LogP contribution in [0.5, 0.6) is 0 Å². The zero-order valence-electron chi connectivity index (χ0n) is 13.1. The predicted molar refractivity (Wildman–Crippen MR) is 85.8 cm³/mol. The number of aliphatic hydroxyl groups excluding tert-OH is 1. The highest BCUT2D eigenvalue weighted by atomic mass is 16.5. The van der Waals surface area contributed by atoms with Gasteiger partial charge in [-0.3, -0.25) is 4.98 Å². The van der Waals surface area contributed by atoms with E-state index in [9.17, 15) is 5.11 Å². The fourth-order valence-corrected chi connectivity index (χ4v) is 2.10. The maximum Gasteiger partial charge on any atom is 0.180 e. The summed E-state index contributed by atoms with van der Waals surface area (Å²) >= 11 is 0. The maximum atomic E-state index is 9.27. The van der Waals surface area contributed by atoms with E-state index < -0.39 is 0 Å². The van der Waals surface area contributed by atoms with Gasteiger partial charge < -0.3 is 14.7 Å². The van der Waals surface area contributed by atoms with Crippen LogP contribution in [0.4, 0.5) is 5.82 Å². The van der Waals surface area contributed by atoms with Crippen LogP contribution >= 0.6 is 0 Å². The Morgan fingerprint density at radius 2 is 2.09 bits per heavy atom. The number of methoxy groups -OCH3 is 1. The Bertz CT molecular complexity index is 578. The average Bonchev–Trinajstić information content (AvgIpc) is 2.59. The number of aliphatic hydroxyl groups is 1. The van der Waals surface area contributed by atoms with Crippen molar-refractivity contribution in [3.05, 3.63) is 36.2 Å². The lowest BCUT2D eigenvalue weighted by atomic mass is 10.2. The van der Waals surface area contributed by atoms with Crippen LogP contribution in [0.1, 0.15) is 12.6 Å². The monoisotopic (exact) mass is 302 g/mol. The molecule has 0 saturated carbocycles. The fourth-order valence-electron chi connectivity index (χ4n) is 2.10. The highest BCUT2D eigenvalue weighted by molar-refractivity contribution is 5.53. The molecule has 0 radical (unpaired) electrons. The molecule has 0 fully saturated rings. The molecule has 0 spiro atoms. The third kappa shape index (κ3) is 4.22. The van der Waals surface area contributed by atoms with Crippen LogP contribution in [0.25, 0.3) is 11.5 Å². The molecule has 0 aliphatic heterocycles. The van der Waals surface area contributed by atoms with Crippen LogP contribution in [0, 0.1) is 0 Å². The lowest BCUT2D eigenvalue weighted by Gasteiger charge is -2.23. The second-order valence-electron chi connectivity index (χ2n) is 4.81. The van der Waals surface area contributed by atoms with Crippen LogP contribution in [-0.4, -0.2) is 53.5 Å². The van der Waals surface area contributed by atoms with Crippen molar-refractivity contribution in [3.63, 3.8) is 0 Å².